The van der Waals surface area contributed by atoms with Crippen molar-refractivity contribution in [3.63, 3.8) is 0 Å². The fourth-order valence-electron chi connectivity index (χ4n) is 2.76. The molecule has 0 aromatic heterocycles. The number of aliphatic hydroxyl groups excluding tert-OH is 1. The molecule has 2 aromatic carbocycles. The maximum absolute atomic E-state index is 12.2. The second-order valence-corrected chi connectivity index (χ2v) is 6.42. The van der Waals surface area contributed by atoms with E-state index in [9.17, 15) is 9.90 Å². The third-order valence-electron chi connectivity index (χ3n) is 4.34. The molecule has 2 rings (SSSR count). The van der Waals surface area contributed by atoms with E-state index in [0.29, 0.717) is 36.9 Å². The normalized spacial score (nSPS) is 12.2. The molecule has 0 heterocycles. The van der Waals surface area contributed by atoms with Gasteiger partial charge in [-0.2, -0.15) is 0 Å². The highest BCUT2D eigenvalue weighted by Crippen LogP contribution is 2.15. The Morgan fingerprint density at radius 2 is 1.83 bits per heavy atom. The van der Waals surface area contributed by atoms with Crippen LogP contribution < -0.4 is 20.7 Å². The van der Waals surface area contributed by atoms with Crippen LogP contribution in [0.1, 0.15) is 28.8 Å². The molecule has 0 aliphatic heterocycles. The lowest BCUT2D eigenvalue weighted by atomic mass is 10.0. The zero-order valence-corrected chi connectivity index (χ0v) is 17.0. The third kappa shape index (κ3) is 7.46. The molecule has 0 aliphatic carbocycles. The van der Waals surface area contributed by atoms with E-state index >= 15 is 0 Å². The van der Waals surface area contributed by atoms with Gasteiger partial charge in [-0.25, -0.2) is 0 Å². The van der Waals surface area contributed by atoms with Gasteiger partial charge in [-0.15, -0.1) is 0 Å². The number of hydrogen-bond donors (Lipinski definition) is 4. The van der Waals surface area contributed by atoms with Crippen molar-refractivity contribution < 1.29 is 14.6 Å². The van der Waals surface area contributed by atoms with Crippen molar-refractivity contribution in [3.8, 4) is 5.75 Å². The number of nitrogens with zero attached hydrogens (tertiary/aromatic N) is 1. The zero-order chi connectivity index (χ0) is 20.9. The second-order valence-electron chi connectivity index (χ2n) is 6.42. The summed E-state index contributed by atoms with van der Waals surface area (Å²) >= 11 is 0. The Balaban J connectivity index is 1.83. The van der Waals surface area contributed by atoms with E-state index in [1.807, 2.05) is 37.3 Å². The fourth-order valence-corrected chi connectivity index (χ4v) is 2.76. The predicted molar refractivity (Wildman–Crippen MR) is 116 cm³/mol. The summed E-state index contributed by atoms with van der Waals surface area (Å²) in [5.41, 5.74) is 1.61. The Morgan fingerprint density at radius 3 is 2.52 bits per heavy atom. The van der Waals surface area contributed by atoms with Crippen molar-refractivity contribution in [1.82, 2.24) is 16.0 Å². The maximum atomic E-state index is 12.2. The van der Waals surface area contributed by atoms with Gasteiger partial charge in [0.05, 0.1) is 20.3 Å². The lowest BCUT2D eigenvalue weighted by Gasteiger charge is -2.15. The molecule has 2 aromatic rings. The Morgan fingerprint density at radius 1 is 1.07 bits per heavy atom. The summed E-state index contributed by atoms with van der Waals surface area (Å²) < 4.78 is 5.14. The topological polar surface area (TPSA) is 95.0 Å². The Hall–Kier alpha value is -3.06. The van der Waals surface area contributed by atoms with Crippen LogP contribution in [-0.4, -0.2) is 56.9 Å². The van der Waals surface area contributed by atoms with Crippen LogP contribution in [-0.2, 0) is 0 Å². The van der Waals surface area contributed by atoms with Gasteiger partial charge in [-0.05, 0) is 30.7 Å². The van der Waals surface area contributed by atoms with Gasteiger partial charge < -0.3 is 25.8 Å². The number of rotatable bonds is 10. The highest BCUT2D eigenvalue weighted by Gasteiger charge is 2.10. The standard InChI is InChI=1S/C22H30N4O3/c1-3-23-22(26-15-19(16-27)17-8-5-4-6-9-17)25-13-12-24-21(28)18-10-7-11-20(14-18)29-2/h4-11,14,19,27H,3,12-13,15-16H2,1-2H3,(H,24,28)(H2,23,25,26). The summed E-state index contributed by atoms with van der Waals surface area (Å²) in [5.74, 6) is 1.09. The third-order valence-corrected chi connectivity index (χ3v) is 4.34. The molecule has 1 atom stereocenters. The van der Waals surface area contributed by atoms with E-state index in [0.717, 1.165) is 12.1 Å². The number of benzene rings is 2. The first-order valence-corrected chi connectivity index (χ1v) is 9.78. The van der Waals surface area contributed by atoms with E-state index in [1.54, 1.807) is 31.4 Å². The summed E-state index contributed by atoms with van der Waals surface area (Å²) in [6, 6.07) is 16.9. The van der Waals surface area contributed by atoms with Crippen molar-refractivity contribution in [2.24, 2.45) is 4.99 Å². The van der Waals surface area contributed by atoms with Gasteiger partial charge >= 0.3 is 0 Å². The molecule has 0 bridgehead atoms. The summed E-state index contributed by atoms with van der Waals surface area (Å²) in [7, 11) is 1.57. The molecule has 0 saturated carbocycles. The molecule has 1 unspecified atom stereocenters. The van der Waals surface area contributed by atoms with E-state index < -0.39 is 0 Å². The van der Waals surface area contributed by atoms with Crippen LogP contribution in [0.15, 0.2) is 59.6 Å². The van der Waals surface area contributed by atoms with Gasteiger partial charge in [0.25, 0.3) is 5.91 Å². The van der Waals surface area contributed by atoms with Gasteiger partial charge in [0, 0.05) is 31.1 Å². The van der Waals surface area contributed by atoms with Gasteiger partial charge in [-0.1, -0.05) is 36.4 Å². The second kappa shape index (κ2) is 12.4. The minimum absolute atomic E-state index is 0.0313. The lowest BCUT2D eigenvalue weighted by Crippen LogP contribution is -2.41. The molecule has 0 aliphatic rings. The van der Waals surface area contributed by atoms with Gasteiger partial charge in [-0.3, -0.25) is 9.79 Å². The number of nitrogens with one attached hydrogen (secondary N) is 3. The first-order valence-electron chi connectivity index (χ1n) is 9.78. The van der Waals surface area contributed by atoms with Crippen LogP contribution >= 0.6 is 0 Å². The van der Waals surface area contributed by atoms with Gasteiger partial charge in [0.1, 0.15) is 5.75 Å². The van der Waals surface area contributed by atoms with Crippen molar-refractivity contribution >= 4 is 11.9 Å². The molecule has 7 nitrogen and oxygen atoms in total. The number of hydrogen-bond acceptors (Lipinski definition) is 4. The minimum atomic E-state index is -0.155. The molecule has 156 valence electrons. The minimum Gasteiger partial charge on any atom is -0.497 e. The number of aliphatic imine (C=N–C) groups is 1. The quantitative estimate of drug-likeness (QED) is 0.278. The average Bonchev–Trinajstić information content (AvgIpc) is 2.77. The summed E-state index contributed by atoms with van der Waals surface area (Å²) in [6.45, 7) is 4.17. The molecule has 0 fully saturated rings. The first-order chi connectivity index (χ1) is 14.2. The monoisotopic (exact) mass is 398 g/mol. The molecule has 0 spiro atoms. The average molecular weight is 399 g/mol. The molecule has 0 saturated heterocycles. The molecular weight excluding hydrogens is 368 g/mol. The number of aliphatic hydroxyl groups is 1. The van der Waals surface area contributed by atoms with Crippen LogP contribution in [0.3, 0.4) is 0 Å². The maximum Gasteiger partial charge on any atom is 0.251 e. The zero-order valence-electron chi connectivity index (χ0n) is 17.0. The van der Waals surface area contributed by atoms with Crippen LogP contribution in [0, 0.1) is 0 Å². The smallest absolute Gasteiger partial charge is 0.251 e. The van der Waals surface area contributed by atoms with Crippen LogP contribution in [0.25, 0.3) is 0 Å². The first kappa shape index (κ1) is 22.2. The van der Waals surface area contributed by atoms with Crippen molar-refractivity contribution in [1.29, 1.82) is 0 Å². The van der Waals surface area contributed by atoms with Crippen LogP contribution in [0.5, 0.6) is 5.75 Å². The van der Waals surface area contributed by atoms with Gasteiger partial charge in [0.15, 0.2) is 5.96 Å². The van der Waals surface area contributed by atoms with Crippen LogP contribution in [0.4, 0.5) is 0 Å². The molecular formula is C22H30N4O3. The summed E-state index contributed by atoms with van der Waals surface area (Å²) in [5, 5.41) is 18.9. The van der Waals surface area contributed by atoms with E-state index in [2.05, 4.69) is 20.9 Å². The highest BCUT2D eigenvalue weighted by atomic mass is 16.5. The molecule has 1 amide bonds. The Labute approximate surface area is 172 Å². The Kier molecular flexibility index (Phi) is 9.51. The number of ether oxygens (including phenoxy) is 1. The van der Waals surface area contributed by atoms with E-state index in [1.165, 1.54) is 0 Å². The number of amides is 1. The van der Waals surface area contributed by atoms with Crippen LogP contribution in [0.2, 0.25) is 0 Å². The molecule has 4 N–H and O–H groups in total. The highest BCUT2D eigenvalue weighted by molar-refractivity contribution is 5.94. The van der Waals surface area contributed by atoms with Crippen molar-refractivity contribution in [2.45, 2.75) is 12.8 Å². The number of carbonyl (C=O) groups is 1. The largest absolute Gasteiger partial charge is 0.497 e. The summed E-state index contributed by atoms with van der Waals surface area (Å²) in [6.07, 6.45) is 0. The fraction of sp³-hybridized carbons (Fsp3) is 0.364. The van der Waals surface area contributed by atoms with Crippen molar-refractivity contribution in [3.05, 3.63) is 65.7 Å². The summed E-state index contributed by atoms with van der Waals surface area (Å²) in [4.78, 5) is 16.8. The number of carbonyl (C=O) groups excluding carboxylic acids is 1. The lowest BCUT2D eigenvalue weighted by molar-refractivity contribution is 0.0954. The van der Waals surface area contributed by atoms with E-state index in [-0.39, 0.29) is 18.4 Å². The Bertz CT molecular complexity index is 781. The SMILES string of the molecule is CCNC(=NCC(CO)c1ccccc1)NCCNC(=O)c1cccc(OC)c1. The molecule has 7 heteroatoms. The number of methoxy groups -OCH3 is 1. The molecule has 29 heavy (non-hydrogen) atoms. The predicted octanol–water partition coefficient (Wildman–Crippen LogP) is 1.76. The van der Waals surface area contributed by atoms with Gasteiger partial charge in [0.2, 0.25) is 0 Å². The molecule has 0 radical (unpaired) electrons. The van der Waals surface area contributed by atoms with E-state index in [4.69, 9.17) is 4.74 Å². The van der Waals surface area contributed by atoms with Crippen molar-refractivity contribution in [2.75, 3.05) is 39.9 Å². The number of guanidine groups is 1.